The van der Waals surface area contributed by atoms with Crippen molar-refractivity contribution in [1.29, 1.82) is 0 Å². The zero-order chi connectivity index (χ0) is 16.8. The molecule has 2 aromatic carbocycles. The van der Waals surface area contributed by atoms with Gasteiger partial charge in [-0.25, -0.2) is 4.39 Å². The maximum atomic E-state index is 13.2. The van der Waals surface area contributed by atoms with Crippen molar-refractivity contribution < 1.29 is 8.81 Å². The van der Waals surface area contributed by atoms with Gasteiger partial charge in [0.1, 0.15) is 17.3 Å². The van der Waals surface area contributed by atoms with Crippen molar-refractivity contribution in [2.45, 2.75) is 0 Å². The fourth-order valence-electron chi connectivity index (χ4n) is 2.05. The Hall–Kier alpha value is -2.99. The third kappa shape index (κ3) is 4.27. The Morgan fingerprint density at radius 3 is 2.67 bits per heavy atom. The maximum Gasteiger partial charge on any atom is 0.191 e. The van der Waals surface area contributed by atoms with Crippen LogP contribution in [0.3, 0.4) is 0 Å². The molecular weight excluding hydrogens is 325 g/mol. The summed E-state index contributed by atoms with van der Waals surface area (Å²) in [6.07, 6.45) is 1.50. The predicted octanol–water partition coefficient (Wildman–Crippen LogP) is 4.41. The topological polar surface area (TPSA) is 49.6 Å². The highest BCUT2D eigenvalue weighted by atomic mass is 32.1. The number of benzene rings is 2. The van der Waals surface area contributed by atoms with Crippen molar-refractivity contribution in [2.75, 3.05) is 5.32 Å². The number of para-hydroxylation sites is 1. The third-order valence-corrected chi connectivity index (χ3v) is 3.32. The normalized spacial score (nSPS) is 10.7. The molecule has 0 spiro atoms. The van der Waals surface area contributed by atoms with Crippen molar-refractivity contribution in [3.8, 4) is 11.3 Å². The highest BCUT2D eigenvalue weighted by Gasteiger charge is 2.04. The van der Waals surface area contributed by atoms with Crippen LogP contribution in [0.25, 0.3) is 11.3 Å². The fraction of sp³-hybridized carbons (Fsp3) is 0. The molecule has 6 heteroatoms. The van der Waals surface area contributed by atoms with Crippen LogP contribution in [0.5, 0.6) is 0 Å². The van der Waals surface area contributed by atoms with Gasteiger partial charge in [-0.3, -0.25) is 5.43 Å². The number of anilines is 1. The van der Waals surface area contributed by atoms with Crippen LogP contribution in [0.4, 0.5) is 10.1 Å². The molecule has 0 atom stereocenters. The Bertz CT molecular complexity index is 861. The van der Waals surface area contributed by atoms with Gasteiger partial charge in [0.25, 0.3) is 0 Å². The molecular formula is C18H14FN3OS. The van der Waals surface area contributed by atoms with Gasteiger partial charge in [0.05, 0.1) is 6.21 Å². The van der Waals surface area contributed by atoms with E-state index in [-0.39, 0.29) is 5.82 Å². The first-order chi connectivity index (χ1) is 11.7. The summed E-state index contributed by atoms with van der Waals surface area (Å²) >= 11 is 5.14. The van der Waals surface area contributed by atoms with E-state index in [1.54, 1.807) is 24.3 Å². The number of hydrazone groups is 1. The van der Waals surface area contributed by atoms with Crippen LogP contribution >= 0.6 is 12.2 Å². The lowest BCUT2D eigenvalue weighted by Crippen LogP contribution is -2.23. The molecule has 0 aliphatic carbocycles. The average Bonchev–Trinajstić information content (AvgIpc) is 3.05. The van der Waals surface area contributed by atoms with Crippen molar-refractivity contribution in [3.05, 3.63) is 78.3 Å². The Kier molecular flexibility index (Phi) is 4.98. The summed E-state index contributed by atoms with van der Waals surface area (Å²) in [5, 5.41) is 7.39. The molecule has 0 aliphatic rings. The van der Waals surface area contributed by atoms with E-state index in [0.717, 1.165) is 5.69 Å². The summed E-state index contributed by atoms with van der Waals surface area (Å²) in [5.74, 6) is 0.795. The second-order valence-electron chi connectivity index (χ2n) is 4.90. The summed E-state index contributed by atoms with van der Waals surface area (Å²) in [7, 11) is 0. The van der Waals surface area contributed by atoms with E-state index in [2.05, 4.69) is 15.8 Å². The van der Waals surface area contributed by atoms with Crippen LogP contribution < -0.4 is 10.7 Å². The first-order valence-corrected chi connectivity index (χ1v) is 7.62. The van der Waals surface area contributed by atoms with Gasteiger partial charge in [0.15, 0.2) is 5.11 Å². The number of thiocarbonyl (C=S) groups is 1. The zero-order valence-electron chi connectivity index (χ0n) is 12.6. The number of hydrogen-bond donors (Lipinski definition) is 2. The van der Waals surface area contributed by atoms with E-state index in [1.165, 1.54) is 18.3 Å². The summed E-state index contributed by atoms with van der Waals surface area (Å²) in [6.45, 7) is 0. The minimum absolute atomic E-state index is 0.307. The number of nitrogens with one attached hydrogen (secondary N) is 2. The molecule has 0 saturated carbocycles. The van der Waals surface area contributed by atoms with Gasteiger partial charge < -0.3 is 9.73 Å². The van der Waals surface area contributed by atoms with Crippen LogP contribution in [0.15, 0.2) is 76.2 Å². The van der Waals surface area contributed by atoms with Crippen LogP contribution in [0.2, 0.25) is 0 Å². The highest BCUT2D eigenvalue weighted by Crippen LogP contribution is 2.22. The third-order valence-electron chi connectivity index (χ3n) is 3.13. The molecule has 0 radical (unpaired) electrons. The van der Waals surface area contributed by atoms with Crippen molar-refractivity contribution in [3.63, 3.8) is 0 Å². The lowest BCUT2D eigenvalue weighted by Gasteiger charge is -2.05. The minimum atomic E-state index is -0.307. The number of nitrogens with zero attached hydrogens (tertiary/aromatic N) is 1. The summed E-state index contributed by atoms with van der Waals surface area (Å²) in [5.41, 5.74) is 4.25. The molecule has 0 amide bonds. The van der Waals surface area contributed by atoms with Gasteiger partial charge >= 0.3 is 0 Å². The molecule has 0 fully saturated rings. The minimum Gasteiger partial charge on any atom is -0.455 e. The molecule has 1 aromatic heterocycles. The number of furan rings is 1. The van der Waals surface area contributed by atoms with E-state index in [4.69, 9.17) is 16.6 Å². The SMILES string of the molecule is Fc1cccc(-c2ccc(/C=N/NC(=S)Nc3ccccc3)o2)c1. The van der Waals surface area contributed by atoms with E-state index in [0.29, 0.717) is 22.2 Å². The quantitative estimate of drug-likeness (QED) is 0.420. The Morgan fingerprint density at radius 1 is 1.04 bits per heavy atom. The van der Waals surface area contributed by atoms with Gasteiger partial charge in [-0.15, -0.1) is 0 Å². The van der Waals surface area contributed by atoms with Crippen molar-refractivity contribution in [1.82, 2.24) is 5.43 Å². The standard InChI is InChI=1S/C18H14FN3OS/c19-14-6-4-5-13(11-14)17-10-9-16(23-17)12-20-22-18(24)21-15-7-2-1-3-8-15/h1-12H,(H2,21,22,24)/b20-12+. The Balaban J connectivity index is 1.58. The van der Waals surface area contributed by atoms with E-state index >= 15 is 0 Å². The van der Waals surface area contributed by atoms with E-state index < -0.39 is 0 Å². The fourth-order valence-corrected chi connectivity index (χ4v) is 2.22. The highest BCUT2D eigenvalue weighted by molar-refractivity contribution is 7.80. The van der Waals surface area contributed by atoms with Crippen LogP contribution in [0, 0.1) is 5.82 Å². The molecule has 4 nitrogen and oxygen atoms in total. The predicted molar refractivity (Wildman–Crippen MR) is 97.5 cm³/mol. The largest absolute Gasteiger partial charge is 0.455 e. The van der Waals surface area contributed by atoms with Crippen LogP contribution in [-0.2, 0) is 0 Å². The molecule has 2 N–H and O–H groups in total. The lowest BCUT2D eigenvalue weighted by molar-refractivity contribution is 0.572. The number of hydrogen-bond acceptors (Lipinski definition) is 3. The second kappa shape index (κ2) is 7.52. The van der Waals surface area contributed by atoms with Crippen LogP contribution in [0.1, 0.15) is 5.76 Å². The van der Waals surface area contributed by atoms with E-state index in [1.807, 2.05) is 30.3 Å². The molecule has 0 saturated heterocycles. The van der Waals surface area contributed by atoms with E-state index in [9.17, 15) is 4.39 Å². The smallest absolute Gasteiger partial charge is 0.191 e. The molecule has 24 heavy (non-hydrogen) atoms. The lowest BCUT2D eigenvalue weighted by atomic mass is 10.2. The van der Waals surface area contributed by atoms with Gasteiger partial charge in [0, 0.05) is 11.3 Å². The van der Waals surface area contributed by atoms with Gasteiger partial charge in [-0.1, -0.05) is 30.3 Å². The molecule has 3 aromatic rings. The average molecular weight is 339 g/mol. The van der Waals surface area contributed by atoms with Gasteiger partial charge in [-0.2, -0.15) is 5.10 Å². The molecule has 1 heterocycles. The molecule has 3 rings (SSSR count). The first kappa shape index (κ1) is 15.9. The monoisotopic (exact) mass is 339 g/mol. The maximum absolute atomic E-state index is 13.2. The summed E-state index contributed by atoms with van der Waals surface area (Å²) in [4.78, 5) is 0. The molecule has 0 bridgehead atoms. The molecule has 120 valence electrons. The molecule has 0 aliphatic heterocycles. The Labute approximate surface area is 144 Å². The zero-order valence-corrected chi connectivity index (χ0v) is 13.4. The molecule has 0 unspecified atom stereocenters. The van der Waals surface area contributed by atoms with Crippen LogP contribution in [-0.4, -0.2) is 11.3 Å². The summed E-state index contributed by atoms with van der Waals surface area (Å²) < 4.78 is 18.8. The second-order valence-corrected chi connectivity index (χ2v) is 5.31. The number of halogens is 1. The van der Waals surface area contributed by atoms with Crippen molar-refractivity contribution in [2.24, 2.45) is 5.10 Å². The first-order valence-electron chi connectivity index (χ1n) is 7.21. The van der Waals surface area contributed by atoms with Crippen molar-refractivity contribution >= 4 is 29.2 Å². The number of rotatable bonds is 4. The van der Waals surface area contributed by atoms with Gasteiger partial charge in [0.2, 0.25) is 0 Å². The summed E-state index contributed by atoms with van der Waals surface area (Å²) in [6, 6.07) is 19.3. The Morgan fingerprint density at radius 2 is 1.88 bits per heavy atom. The van der Waals surface area contributed by atoms with Gasteiger partial charge in [-0.05, 0) is 48.6 Å².